The fourth-order valence-electron chi connectivity index (χ4n) is 1.37. The van der Waals surface area contributed by atoms with Gasteiger partial charge in [-0.1, -0.05) is 0 Å². The molecule has 0 amide bonds. The largest absolute Gasteiger partial charge is 0.479 e. The summed E-state index contributed by atoms with van der Waals surface area (Å²) >= 11 is 0. The lowest BCUT2D eigenvalue weighted by atomic mass is 10.4. The molecule has 0 aliphatic carbocycles. The molecule has 1 heterocycles. The van der Waals surface area contributed by atoms with E-state index in [1.165, 1.54) is 25.3 Å². The van der Waals surface area contributed by atoms with Crippen LogP contribution in [0.15, 0.2) is 6.20 Å². The highest BCUT2D eigenvalue weighted by molar-refractivity contribution is 5.53. The monoisotopic (exact) mass is 247 g/mol. The summed E-state index contributed by atoms with van der Waals surface area (Å²) in [5.74, 6) is 0.235. The summed E-state index contributed by atoms with van der Waals surface area (Å²) in [6.07, 6.45) is 1.43. The predicted octanol–water partition coefficient (Wildman–Crippen LogP) is 1.24. The Morgan fingerprint density at radius 2 is 1.82 bits per heavy atom. The molecule has 0 aliphatic rings. The van der Waals surface area contributed by atoms with Gasteiger partial charge < -0.3 is 14.4 Å². The summed E-state index contributed by atoms with van der Waals surface area (Å²) in [6, 6.07) is 0.144. The van der Waals surface area contributed by atoms with Crippen molar-refractivity contribution in [1.29, 1.82) is 0 Å². The number of methoxy groups -OCH3 is 2. The van der Waals surface area contributed by atoms with Crippen molar-refractivity contribution < 1.29 is 18.3 Å². The second kappa shape index (κ2) is 6.82. The van der Waals surface area contributed by atoms with E-state index < -0.39 is 13.3 Å². The van der Waals surface area contributed by atoms with E-state index in [0.29, 0.717) is 5.69 Å². The first-order valence-electron chi connectivity index (χ1n) is 5.08. The maximum Gasteiger partial charge on any atom is 0.319 e. The number of rotatable bonds is 7. The molecule has 0 fully saturated rings. The van der Waals surface area contributed by atoms with Crippen molar-refractivity contribution in [2.75, 3.05) is 45.6 Å². The number of aromatic nitrogens is 2. The Morgan fingerprint density at radius 1 is 1.18 bits per heavy atom. The van der Waals surface area contributed by atoms with Gasteiger partial charge in [0.2, 0.25) is 5.88 Å². The summed E-state index contributed by atoms with van der Waals surface area (Å²) in [6.45, 7) is -1.05. The Balaban J connectivity index is 2.99. The summed E-state index contributed by atoms with van der Waals surface area (Å²) in [7, 11) is 2.85. The van der Waals surface area contributed by atoms with E-state index in [4.69, 9.17) is 9.47 Å². The summed E-state index contributed by atoms with van der Waals surface area (Å²) in [5, 5.41) is 0. The lowest BCUT2D eigenvalue weighted by molar-refractivity contribution is 0.351. The maximum atomic E-state index is 12.4. The zero-order valence-electron chi connectivity index (χ0n) is 9.82. The molecular weight excluding hydrogens is 232 g/mol. The normalized spacial score (nSPS) is 10.1. The molecule has 0 aromatic carbocycles. The van der Waals surface area contributed by atoms with Crippen LogP contribution in [0, 0.1) is 0 Å². The van der Waals surface area contributed by atoms with E-state index in [1.807, 2.05) is 0 Å². The lowest BCUT2D eigenvalue weighted by Gasteiger charge is -2.22. The van der Waals surface area contributed by atoms with Crippen molar-refractivity contribution >= 4 is 5.69 Å². The van der Waals surface area contributed by atoms with Gasteiger partial charge in [-0.2, -0.15) is 4.98 Å². The highest BCUT2D eigenvalue weighted by atomic mass is 19.1. The third kappa shape index (κ3) is 3.40. The molecule has 0 saturated carbocycles. The van der Waals surface area contributed by atoms with Crippen LogP contribution in [0.3, 0.4) is 0 Å². The van der Waals surface area contributed by atoms with Crippen LogP contribution >= 0.6 is 0 Å². The number of halogens is 2. The first-order valence-corrected chi connectivity index (χ1v) is 5.08. The fourth-order valence-corrected chi connectivity index (χ4v) is 1.37. The molecule has 1 rings (SSSR count). The first-order chi connectivity index (χ1) is 8.26. The molecule has 0 unspecified atom stereocenters. The minimum atomic E-state index is -0.588. The van der Waals surface area contributed by atoms with Gasteiger partial charge in [-0.3, -0.25) is 0 Å². The van der Waals surface area contributed by atoms with Gasteiger partial charge in [-0.25, -0.2) is 13.8 Å². The Morgan fingerprint density at radius 3 is 2.29 bits per heavy atom. The maximum absolute atomic E-state index is 12.4. The van der Waals surface area contributed by atoms with Gasteiger partial charge in [0.15, 0.2) is 0 Å². The number of hydrogen-bond donors (Lipinski definition) is 0. The Bertz CT molecular complexity index is 346. The van der Waals surface area contributed by atoms with Gasteiger partial charge in [0, 0.05) is 13.1 Å². The molecule has 7 heteroatoms. The number of ether oxygens (including phenoxy) is 2. The van der Waals surface area contributed by atoms with Gasteiger partial charge in [-0.05, 0) is 0 Å². The molecule has 0 spiro atoms. The molecule has 5 nitrogen and oxygen atoms in total. The smallest absolute Gasteiger partial charge is 0.319 e. The Kier molecular flexibility index (Phi) is 5.38. The van der Waals surface area contributed by atoms with Crippen LogP contribution in [0.5, 0.6) is 11.9 Å². The third-order valence-corrected chi connectivity index (χ3v) is 2.14. The van der Waals surface area contributed by atoms with Crippen molar-refractivity contribution in [2.45, 2.75) is 0 Å². The molecule has 0 saturated heterocycles. The van der Waals surface area contributed by atoms with E-state index in [1.54, 1.807) is 0 Å². The minimum Gasteiger partial charge on any atom is -0.479 e. The molecular formula is C10H15F2N3O2. The van der Waals surface area contributed by atoms with Crippen molar-refractivity contribution in [3.63, 3.8) is 0 Å². The zero-order valence-corrected chi connectivity index (χ0v) is 9.82. The predicted molar refractivity (Wildman–Crippen MR) is 59.3 cm³/mol. The molecule has 96 valence electrons. The summed E-state index contributed by atoms with van der Waals surface area (Å²) in [4.78, 5) is 9.33. The van der Waals surface area contributed by atoms with Crippen LogP contribution in [0.2, 0.25) is 0 Å². The molecule has 0 atom stereocenters. The van der Waals surface area contributed by atoms with Crippen LogP contribution < -0.4 is 14.4 Å². The van der Waals surface area contributed by atoms with Crippen LogP contribution in [-0.4, -0.2) is 50.6 Å². The van der Waals surface area contributed by atoms with Crippen LogP contribution in [0.25, 0.3) is 0 Å². The van der Waals surface area contributed by atoms with Crippen molar-refractivity contribution in [3.05, 3.63) is 6.20 Å². The van der Waals surface area contributed by atoms with Gasteiger partial charge >= 0.3 is 6.01 Å². The molecule has 0 N–H and O–H groups in total. The zero-order chi connectivity index (χ0) is 12.7. The van der Waals surface area contributed by atoms with Crippen LogP contribution in [0.4, 0.5) is 14.5 Å². The number of nitrogens with zero attached hydrogens (tertiary/aromatic N) is 3. The molecule has 0 bridgehead atoms. The summed E-state index contributed by atoms with van der Waals surface area (Å²) in [5.41, 5.74) is 0.448. The van der Waals surface area contributed by atoms with E-state index in [-0.39, 0.29) is 25.0 Å². The number of alkyl halides is 2. The SMILES string of the molecule is COc1ncc(N(CCF)CCF)c(OC)n1. The topological polar surface area (TPSA) is 47.5 Å². The van der Waals surface area contributed by atoms with Gasteiger partial charge in [0.1, 0.15) is 19.0 Å². The highest BCUT2D eigenvalue weighted by Gasteiger charge is 2.15. The minimum absolute atomic E-state index is 0.0654. The molecule has 1 aromatic rings. The van der Waals surface area contributed by atoms with Gasteiger partial charge in [0.05, 0.1) is 20.4 Å². The quantitative estimate of drug-likeness (QED) is 0.725. The van der Waals surface area contributed by atoms with E-state index >= 15 is 0 Å². The summed E-state index contributed by atoms with van der Waals surface area (Å²) < 4.78 is 34.6. The molecule has 17 heavy (non-hydrogen) atoms. The average Bonchev–Trinajstić information content (AvgIpc) is 2.37. The fraction of sp³-hybridized carbons (Fsp3) is 0.600. The highest BCUT2D eigenvalue weighted by Crippen LogP contribution is 2.26. The third-order valence-electron chi connectivity index (χ3n) is 2.14. The van der Waals surface area contributed by atoms with E-state index in [0.717, 1.165) is 0 Å². The Hall–Kier alpha value is -1.66. The van der Waals surface area contributed by atoms with Crippen LogP contribution in [-0.2, 0) is 0 Å². The average molecular weight is 247 g/mol. The first kappa shape index (κ1) is 13.4. The lowest BCUT2D eigenvalue weighted by Crippen LogP contribution is -2.28. The molecule has 0 aliphatic heterocycles. The van der Waals surface area contributed by atoms with Gasteiger partial charge in [-0.15, -0.1) is 0 Å². The van der Waals surface area contributed by atoms with Gasteiger partial charge in [0.25, 0.3) is 0 Å². The second-order valence-corrected chi connectivity index (χ2v) is 3.12. The van der Waals surface area contributed by atoms with Crippen LogP contribution in [0.1, 0.15) is 0 Å². The van der Waals surface area contributed by atoms with E-state index in [9.17, 15) is 8.78 Å². The Labute approximate surface area is 98.4 Å². The number of anilines is 1. The number of hydrogen-bond acceptors (Lipinski definition) is 5. The van der Waals surface area contributed by atoms with Crippen molar-refractivity contribution in [1.82, 2.24) is 9.97 Å². The second-order valence-electron chi connectivity index (χ2n) is 3.12. The molecule has 0 radical (unpaired) electrons. The van der Waals surface area contributed by atoms with E-state index in [2.05, 4.69) is 9.97 Å². The van der Waals surface area contributed by atoms with Crippen molar-refractivity contribution in [3.8, 4) is 11.9 Å². The molecule has 1 aromatic heterocycles. The standard InChI is InChI=1S/C10H15F2N3O2/c1-16-9-8(7-13-10(14-9)17-2)15(5-3-11)6-4-12/h7H,3-6H2,1-2H3. The van der Waals surface area contributed by atoms with Crippen molar-refractivity contribution in [2.24, 2.45) is 0 Å².